The Kier molecular flexibility index (Phi) is 4.43. The summed E-state index contributed by atoms with van der Waals surface area (Å²) < 4.78 is 5.88. The summed E-state index contributed by atoms with van der Waals surface area (Å²) in [5.74, 6) is -0.957. The molecule has 1 unspecified atom stereocenters. The largest absolute Gasteiger partial charge is 0.479 e. The van der Waals surface area contributed by atoms with E-state index >= 15 is 0 Å². The molecular weight excluding hydrogens is 322 g/mol. The van der Waals surface area contributed by atoms with Gasteiger partial charge in [0.1, 0.15) is 4.83 Å². The van der Waals surface area contributed by atoms with Gasteiger partial charge in [-0.15, -0.1) is 11.3 Å². The van der Waals surface area contributed by atoms with Crippen molar-refractivity contribution in [3.63, 3.8) is 0 Å². The van der Waals surface area contributed by atoms with Gasteiger partial charge < -0.3 is 9.84 Å². The number of aromatic nitrogens is 1. The summed E-state index contributed by atoms with van der Waals surface area (Å²) in [7, 11) is 0. The van der Waals surface area contributed by atoms with E-state index in [4.69, 9.17) is 9.72 Å². The number of nitrogens with zero attached hydrogens (tertiary/aromatic N) is 1. The second-order valence-electron chi connectivity index (χ2n) is 7.58. The SMILES string of the molecule is Cc1nc2sc3c(c2c(C)c1C(OC(C)(C)C)C(=O)O)CCCC3. The van der Waals surface area contributed by atoms with Gasteiger partial charge in [-0.2, -0.15) is 0 Å². The smallest absolute Gasteiger partial charge is 0.337 e. The number of carboxylic acid groups (broad SMARTS) is 1. The molecule has 1 N–H and O–H groups in total. The maximum Gasteiger partial charge on any atom is 0.337 e. The van der Waals surface area contributed by atoms with Crippen LogP contribution in [0.2, 0.25) is 0 Å². The molecule has 0 bridgehead atoms. The normalized spacial score (nSPS) is 16.2. The topological polar surface area (TPSA) is 59.4 Å². The highest BCUT2D eigenvalue weighted by Gasteiger charge is 2.32. The van der Waals surface area contributed by atoms with Crippen molar-refractivity contribution < 1.29 is 14.6 Å². The first-order valence-corrected chi connectivity index (χ1v) is 9.32. The molecule has 4 nitrogen and oxygen atoms in total. The Morgan fingerprint density at radius 1 is 1.25 bits per heavy atom. The molecule has 0 radical (unpaired) electrons. The highest BCUT2D eigenvalue weighted by atomic mass is 32.1. The van der Waals surface area contributed by atoms with Crippen LogP contribution in [0.5, 0.6) is 0 Å². The van der Waals surface area contributed by atoms with Crippen molar-refractivity contribution in [2.45, 2.75) is 72.0 Å². The third kappa shape index (κ3) is 3.07. The number of hydrogen-bond donors (Lipinski definition) is 1. The summed E-state index contributed by atoms with van der Waals surface area (Å²) in [6.07, 6.45) is 3.63. The summed E-state index contributed by atoms with van der Waals surface area (Å²) in [6, 6.07) is 0. The number of fused-ring (bicyclic) bond motifs is 3. The lowest BCUT2D eigenvalue weighted by molar-refractivity contribution is -0.160. The maximum atomic E-state index is 11.9. The standard InChI is InChI=1S/C19H25NO3S/c1-10-14(16(18(21)22)23-19(3,4)5)11(2)20-17-15(10)12-8-6-7-9-13(12)24-17/h16H,6-9H2,1-5H3,(H,21,22). The van der Waals surface area contributed by atoms with Gasteiger partial charge in [0.2, 0.25) is 0 Å². The second-order valence-corrected chi connectivity index (χ2v) is 8.66. The van der Waals surface area contributed by atoms with Gasteiger partial charge >= 0.3 is 5.97 Å². The Balaban J connectivity index is 2.21. The van der Waals surface area contributed by atoms with Crippen LogP contribution in [0, 0.1) is 13.8 Å². The zero-order valence-electron chi connectivity index (χ0n) is 15.0. The van der Waals surface area contributed by atoms with Gasteiger partial charge in [-0.1, -0.05) is 0 Å². The van der Waals surface area contributed by atoms with Crippen molar-refractivity contribution in [2.75, 3.05) is 0 Å². The van der Waals surface area contributed by atoms with Gasteiger partial charge in [0.25, 0.3) is 0 Å². The van der Waals surface area contributed by atoms with E-state index in [1.54, 1.807) is 11.3 Å². The summed E-state index contributed by atoms with van der Waals surface area (Å²) in [6.45, 7) is 9.56. The molecule has 3 rings (SSSR count). The average molecular weight is 347 g/mol. The number of hydrogen-bond acceptors (Lipinski definition) is 4. The first kappa shape index (κ1) is 17.4. The molecule has 130 valence electrons. The molecule has 2 heterocycles. The van der Waals surface area contributed by atoms with Gasteiger partial charge in [0, 0.05) is 21.5 Å². The van der Waals surface area contributed by atoms with Crippen LogP contribution in [0.3, 0.4) is 0 Å². The van der Waals surface area contributed by atoms with Crippen molar-refractivity contribution in [3.8, 4) is 0 Å². The number of carboxylic acids is 1. The molecular formula is C19H25NO3S. The van der Waals surface area contributed by atoms with Crippen LogP contribution >= 0.6 is 11.3 Å². The van der Waals surface area contributed by atoms with Crippen molar-refractivity contribution in [1.29, 1.82) is 0 Å². The molecule has 0 saturated heterocycles. The lowest BCUT2D eigenvalue weighted by Gasteiger charge is -2.27. The summed E-state index contributed by atoms with van der Waals surface area (Å²) >= 11 is 1.77. The van der Waals surface area contributed by atoms with E-state index in [1.165, 1.54) is 28.7 Å². The first-order valence-electron chi connectivity index (χ1n) is 8.51. The number of carbonyl (C=O) groups is 1. The molecule has 0 saturated carbocycles. The van der Waals surface area contributed by atoms with E-state index in [9.17, 15) is 9.90 Å². The monoisotopic (exact) mass is 347 g/mol. The lowest BCUT2D eigenvalue weighted by atomic mass is 9.92. The van der Waals surface area contributed by atoms with E-state index in [0.29, 0.717) is 0 Å². The van der Waals surface area contributed by atoms with E-state index in [-0.39, 0.29) is 0 Å². The van der Waals surface area contributed by atoms with Gasteiger partial charge in [-0.3, -0.25) is 0 Å². The molecule has 5 heteroatoms. The van der Waals surface area contributed by atoms with Crippen LogP contribution in [0.15, 0.2) is 0 Å². The molecule has 2 aromatic rings. The molecule has 0 amide bonds. The van der Waals surface area contributed by atoms with Crippen LogP contribution < -0.4 is 0 Å². The van der Waals surface area contributed by atoms with Gasteiger partial charge in [0.05, 0.1) is 5.60 Å². The molecule has 1 atom stereocenters. The highest BCUT2D eigenvalue weighted by Crippen LogP contribution is 2.41. The molecule has 1 aliphatic carbocycles. The van der Waals surface area contributed by atoms with E-state index in [2.05, 4.69) is 0 Å². The molecule has 0 spiro atoms. The summed E-state index contributed by atoms with van der Waals surface area (Å²) in [4.78, 5) is 19.1. The van der Waals surface area contributed by atoms with Crippen molar-refractivity contribution >= 4 is 27.5 Å². The van der Waals surface area contributed by atoms with Crippen molar-refractivity contribution in [2.24, 2.45) is 0 Å². The Bertz CT molecular complexity index is 801. The quantitative estimate of drug-likeness (QED) is 0.872. The number of aryl methyl sites for hydroxylation is 4. The van der Waals surface area contributed by atoms with Crippen molar-refractivity contribution in [3.05, 3.63) is 27.3 Å². The molecule has 0 aromatic carbocycles. The summed E-state index contributed by atoms with van der Waals surface area (Å²) in [5.41, 5.74) is 3.35. The minimum Gasteiger partial charge on any atom is -0.479 e. The summed E-state index contributed by atoms with van der Waals surface area (Å²) in [5, 5.41) is 10.9. The third-order valence-electron chi connectivity index (χ3n) is 4.55. The minimum absolute atomic E-state index is 0.537. The fourth-order valence-corrected chi connectivity index (χ4v) is 4.98. The van der Waals surface area contributed by atoms with Gasteiger partial charge in [0.15, 0.2) is 6.10 Å². The molecule has 0 fully saturated rings. The van der Waals surface area contributed by atoms with Crippen molar-refractivity contribution in [1.82, 2.24) is 4.98 Å². The Morgan fingerprint density at radius 3 is 2.54 bits per heavy atom. The molecule has 1 aliphatic rings. The van der Waals surface area contributed by atoms with Crippen LogP contribution in [0.1, 0.15) is 67.0 Å². The average Bonchev–Trinajstić information content (AvgIpc) is 2.82. The Labute approximate surface area is 146 Å². The zero-order valence-corrected chi connectivity index (χ0v) is 15.8. The van der Waals surface area contributed by atoms with Crippen LogP contribution in [0.4, 0.5) is 0 Å². The molecule has 24 heavy (non-hydrogen) atoms. The third-order valence-corrected chi connectivity index (χ3v) is 5.73. The number of aliphatic carboxylic acids is 1. The zero-order chi connectivity index (χ0) is 17.6. The number of ether oxygens (including phenoxy) is 1. The van der Waals surface area contributed by atoms with E-state index in [0.717, 1.165) is 34.5 Å². The predicted molar refractivity (Wildman–Crippen MR) is 97.0 cm³/mol. The fourth-order valence-electron chi connectivity index (χ4n) is 3.61. The van der Waals surface area contributed by atoms with Gasteiger partial charge in [-0.05, 0) is 71.4 Å². The fraction of sp³-hybridized carbons (Fsp3) is 0.579. The number of pyridine rings is 1. The van der Waals surface area contributed by atoms with Crippen LogP contribution in [-0.2, 0) is 22.4 Å². The molecule has 2 aromatic heterocycles. The Morgan fingerprint density at radius 2 is 1.92 bits per heavy atom. The lowest BCUT2D eigenvalue weighted by Crippen LogP contribution is -2.28. The van der Waals surface area contributed by atoms with Gasteiger partial charge in [-0.25, -0.2) is 9.78 Å². The van der Waals surface area contributed by atoms with Crippen LogP contribution in [0.25, 0.3) is 10.2 Å². The predicted octanol–water partition coefficient (Wildman–Crippen LogP) is 4.73. The van der Waals surface area contributed by atoms with E-state index in [1.807, 2.05) is 34.6 Å². The van der Waals surface area contributed by atoms with E-state index < -0.39 is 17.7 Å². The van der Waals surface area contributed by atoms with Crippen LogP contribution in [-0.4, -0.2) is 21.7 Å². The first-order chi connectivity index (χ1) is 11.2. The highest BCUT2D eigenvalue weighted by molar-refractivity contribution is 7.18. The Hall–Kier alpha value is -1.46. The molecule has 0 aliphatic heterocycles. The minimum atomic E-state index is -0.985. The maximum absolute atomic E-state index is 11.9. The number of rotatable bonds is 3. The second kappa shape index (κ2) is 6.12. The number of thiophene rings is 1.